The summed E-state index contributed by atoms with van der Waals surface area (Å²) in [6, 6.07) is 27.4. The highest BCUT2D eigenvalue weighted by molar-refractivity contribution is 9.10. The third kappa shape index (κ3) is 5.16. The molecule has 2 heterocycles. The summed E-state index contributed by atoms with van der Waals surface area (Å²) in [5.41, 5.74) is 4.43. The molecule has 3 aromatic carbocycles. The average Bonchev–Trinajstić information content (AvgIpc) is 3.43. The summed E-state index contributed by atoms with van der Waals surface area (Å²) in [4.78, 5) is 16.9. The molecule has 2 aliphatic rings. The molecule has 3 atom stereocenters. The molecule has 1 amide bonds. The predicted molar refractivity (Wildman–Crippen MR) is 163 cm³/mol. The number of benzene rings is 3. The summed E-state index contributed by atoms with van der Waals surface area (Å²) in [5, 5.41) is 4.82. The Morgan fingerprint density at radius 1 is 0.974 bits per heavy atom. The van der Waals surface area contributed by atoms with Crippen LogP contribution in [-0.2, 0) is 11.3 Å². The van der Waals surface area contributed by atoms with Gasteiger partial charge in [-0.25, -0.2) is 0 Å². The van der Waals surface area contributed by atoms with Crippen molar-refractivity contribution in [3.63, 3.8) is 0 Å². The molecule has 0 radical (unpaired) electrons. The Balaban J connectivity index is 1.35. The van der Waals surface area contributed by atoms with Crippen LogP contribution in [0.15, 0.2) is 94.4 Å². The van der Waals surface area contributed by atoms with Gasteiger partial charge in [0.05, 0.1) is 4.91 Å². The van der Waals surface area contributed by atoms with Crippen LogP contribution >= 0.6 is 27.7 Å². The number of para-hydroxylation sites is 2. The first-order valence-electron chi connectivity index (χ1n) is 13.4. The van der Waals surface area contributed by atoms with Gasteiger partial charge in [-0.3, -0.25) is 4.79 Å². The zero-order chi connectivity index (χ0) is 26.1. The standard InChI is InChI=1S/C32H32BrN3OS/c1-22-9-5-7-13-28(22)36-31(37)30(38-32(36)34-26-10-3-2-4-11-26)19-24-21-35(29-14-8-6-12-27(24)29)20-23-15-17-25(33)18-16-23/h2-4,6,8,10-12,14-19,21-22,28,32,34H,5,7,9,13,20H2,1H3/b30-19-/t22-,28-,32?/m1/s1. The maximum Gasteiger partial charge on any atom is 0.262 e. The van der Waals surface area contributed by atoms with E-state index in [0.29, 0.717) is 5.92 Å². The molecule has 1 saturated heterocycles. The number of anilines is 1. The molecule has 38 heavy (non-hydrogen) atoms. The minimum atomic E-state index is -0.113. The fourth-order valence-corrected chi connectivity index (χ4v) is 7.28. The Labute approximate surface area is 237 Å². The number of hydrogen-bond donors (Lipinski definition) is 1. The molecule has 0 bridgehead atoms. The second-order valence-electron chi connectivity index (χ2n) is 10.4. The Morgan fingerprint density at radius 3 is 2.50 bits per heavy atom. The van der Waals surface area contributed by atoms with Gasteiger partial charge in [0.2, 0.25) is 0 Å². The molecule has 194 valence electrons. The highest BCUT2D eigenvalue weighted by Gasteiger charge is 2.43. The molecule has 1 aromatic heterocycles. The van der Waals surface area contributed by atoms with Crippen LogP contribution in [0, 0.1) is 5.92 Å². The highest BCUT2D eigenvalue weighted by atomic mass is 79.9. The van der Waals surface area contributed by atoms with Crippen LogP contribution in [-0.4, -0.2) is 26.9 Å². The monoisotopic (exact) mass is 585 g/mol. The van der Waals surface area contributed by atoms with Crippen molar-refractivity contribution in [2.24, 2.45) is 5.92 Å². The van der Waals surface area contributed by atoms with Gasteiger partial charge in [-0.1, -0.05) is 96.0 Å². The van der Waals surface area contributed by atoms with E-state index in [0.717, 1.165) is 33.6 Å². The number of carbonyl (C=O) groups excluding carboxylic acids is 1. The number of carbonyl (C=O) groups is 1. The van der Waals surface area contributed by atoms with Crippen LogP contribution in [0.25, 0.3) is 17.0 Å². The molecule has 1 saturated carbocycles. The number of halogens is 1. The first kappa shape index (κ1) is 25.3. The minimum absolute atomic E-state index is 0.113. The van der Waals surface area contributed by atoms with E-state index in [1.54, 1.807) is 11.8 Å². The Kier molecular flexibility index (Phi) is 7.35. The number of fused-ring (bicyclic) bond motifs is 1. The molecule has 1 aliphatic heterocycles. The molecule has 6 heteroatoms. The van der Waals surface area contributed by atoms with Gasteiger partial charge >= 0.3 is 0 Å². The van der Waals surface area contributed by atoms with E-state index >= 15 is 0 Å². The van der Waals surface area contributed by atoms with Gasteiger partial charge in [-0.2, -0.15) is 0 Å². The maximum absolute atomic E-state index is 14.0. The first-order chi connectivity index (χ1) is 18.6. The fourth-order valence-electron chi connectivity index (χ4n) is 5.82. The van der Waals surface area contributed by atoms with Crippen molar-refractivity contribution in [1.29, 1.82) is 0 Å². The van der Waals surface area contributed by atoms with Gasteiger partial charge in [0.25, 0.3) is 5.91 Å². The van der Waals surface area contributed by atoms with Crippen molar-refractivity contribution in [1.82, 2.24) is 9.47 Å². The predicted octanol–water partition coefficient (Wildman–Crippen LogP) is 8.34. The minimum Gasteiger partial charge on any atom is -0.356 e. The smallest absolute Gasteiger partial charge is 0.262 e. The van der Waals surface area contributed by atoms with E-state index in [1.807, 2.05) is 18.2 Å². The lowest BCUT2D eigenvalue weighted by atomic mass is 9.85. The maximum atomic E-state index is 14.0. The summed E-state index contributed by atoms with van der Waals surface area (Å²) in [5.74, 6) is 0.646. The number of thioether (sulfide) groups is 1. The molecule has 0 spiro atoms. The van der Waals surface area contributed by atoms with Gasteiger partial charge < -0.3 is 14.8 Å². The molecular formula is C32H32BrN3OS. The fraction of sp³-hybridized carbons (Fsp3) is 0.281. The van der Waals surface area contributed by atoms with Crippen LogP contribution in [0.3, 0.4) is 0 Å². The van der Waals surface area contributed by atoms with Crippen LogP contribution in [0.2, 0.25) is 0 Å². The van der Waals surface area contributed by atoms with Crippen LogP contribution in [0.4, 0.5) is 5.69 Å². The van der Waals surface area contributed by atoms with Crippen molar-refractivity contribution < 1.29 is 4.79 Å². The normalized spacial score (nSPS) is 22.9. The summed E-state index contributed by atoms with van der Waals surface area (Å²) in [7, 11) is 0. The van der Waals surface area contributed by atoms with Crippen LogP contribution in [0.5, 0.6) is 0 Å². The van der Waals surface area contributed by atoms with Crippen molar-refractivity contribution in [3.05, 3.63) is 106 Å². The molecule has 1 N–H and O–H groups in total. The summed E-state index contributed by atoms with van der Waals surface area (Å²) in [6.45, 7) is 3.08. The topological polar surface area (TPSA) is 37.3 Å². The highest BCUT2D eigenvalue weighted by Crippen LogP contribution is 2.42. The third-order valence-corrected chi connectivity index (χ3v) is 9.44. The molecule has 1 unspecified atom stereocenters. The van der Waals surface area contributed by atoms with Gasteiger partial charge in [0.1, 0.15) is 0 Å². The molecule has 1 aliphatic carbocycles. The van der Waals surface area contributed by atoms with Crippen LogP contribution in [0.1, 0.15) is 43.7 Å². The van der Waals surface area contributed by atoms with E-state index in [2.05, 4.69) is 111 Å². The van der Waals surface area contributed by atoms with Gasteiger partial charge in [0, 0.05) is 45.4 Å². The summed E-state index contributed by atoms with van der Waals surface area (Å²) < 4.78 is 3.37. The largest absolute Gasteiger partial charge is 0.356 e. The van der Waals surface area contributed by atoms with Crippen molar-refractivity contribution in [2.45, 2.75) is 50.7 Å². The van der Waals surface area contributed by atoms with Crippen LogP contribution < -0.4 is 5.32 Å². The van der Waals surface area contributed by atoms with E-state index in [-0.39, 0.29) is 17.4 Å². The lowest BCUT2D eigenvalue weighted by molar-refractivity contribution is -0.129. The van der Waals surface area contributed by atoms with Gasteiger partial charge in [-0.15, -0.1) is 0 Å². The molecule has 2 fully saturated rings. The van der Waals surface area contributed by atoms with E-state index < -0.39 is 0 Å². The molecular weight excluding hydrogens is 554 g/mol. The first-order valence-corrected chi connectivity index (χ1v) is 15.1. The lowest BCUT2D eigenvalue weighted by Gasteiger charge is -2.39. The SMILES string of the molecule is C[C@@H]1CCCC[C@H]1N1C(=O)/C(=C/c2cn(Cc3ccc(Br)cc3)c3ccccc23)SC1Nc1ccccc1. The number of aromatic nitrogens is 1. The number of rotatable bonds is 6. The second-order valence-corrected chi connectivity index (χ2v) is 12.4. The van der Waals surface area contributed by atoms with Crippen molar-refractivity contribution in [3.8, 4) is 0 Å². The van der Waals surface area contributed by atoms with Crippen molar-refractivity contribution in [2.75, 3.05) is 5.32 Å². The molecule has 4 nitrogen and oxygen atoms in total. The quantitative estimate of drug-likeness (QED) is 0.231. The third-order valence-electron chi connectivity index (χ3n) is 7.80. The summed E-state index contributed by atoms with van der Waals surface area (Å²) >= 11 is 5.18. The number of nitrogens with one attached hydrogen (secondary N) is 1. The van der Waals surface area contributed by atoms with E-state index in [1.165, 1.54) is 35.7 Å². The number of nitrogens with zero attached hydrogens (tertiary/aromatic N) is 2. The lowest BCUT2D eigenvalue weighted by Crippen LogP contribution is -2.48. The zero-order valence-corrected chi connectivity index (χ0v) is 23.9. The number of hydrogen-bond acceptors (Lipinski definition) is 3. The molecule has 4 aromatic rings. The average molecular weight is 587 g/mol. The second kappa shape index (κ2) is 11.0. The Hall–Kier alpha value is -2.96. The zero-order valence-electron chi connectivity index (χ0n) is 21.5. The Morgan fingerprint density at radius 2 is 1.71 bits per heavy atom. The number of amides is 1. The van der Waals surface area contributed by atoms with Gasteiger partial charge in [-0.05, 0) is 60.7 Å². The van der Waals surface area contributed by atoms with Gasteiger partial charge in [0.15, 0.2) is 5.50 Å². The Bertz CT molecular complexity index is 1460. The van der Waals surface area contributed by atoms with E-state index in [4.69, 9.17) is 0 Å². The van der Waals surface area contributed by atoms with E-state index in [9.17, 15) is 4.79 Å². The van der Waals surface area contributed by atoms with Crippen molar-refractivity contribution >= 4 is 56.3 Å². The molecule has 6 rings (SSSR count). The summed E-state index contributed by atoms with van der Waals surface area (Å²) in [6.07, 6.45) is 8.99.